The number of rotatable bonds is 5. The van der Waals surface area contributed by atoms with Gasteiger partial charge >= 0.3 is 0 Å². The van der Waals surface area contributed by atoms with E-state index in [1.807, 2.05) is 62.4 Å². The number of aryl methyl sites for hydroxylation is 3. The topological polar surface area (TPSA) is 90.1 Å². The number of amides is 1. The van der Waals surface area contributed by atoms with Gasteiger partial charge in [0.15, 0.2) is 6.61 Å². The van der Waals surface area contributed by atoms with E-state index in [1.165, 1.54) is 0 Å². The van der Waals surface area contributed by atoms with Gasteiger partial charge in [0.25, 0.3) is 11.6 Å². The Labute approximate surface area is 167 Å². The van der Waals surface area contributed by atoms with Crippen LogP contribution in [0.25, 0.3) is 22.4 Å². The number of aromatic nitrogens is 3. The normalized spacial score (nSPS) is 10.9. The van der Waals surface area contributed by atoms with Gasteiger partial charge in [0.2, 0.25) is 5.88 Å². The van der Waals surface area contributed by atoms with Crippen LogP contribution in [0.15, 0.2) is 53.1 Å². The molecule has 0 aliphatic heterocycles. The molecule has 2 aromatic heterocycles. The van der Waals surface area contributed by atoms with Crippen molar-refractivity contribution in [1.82, 2.24) is 15.1 Å². The number of carbonyl (C=O) groups excluding carboxylic acids is 1. The predicted octanol–water partition coefficient (Wildman–Crippen LogP) is 4.23. The molecule has 2 heterocycles. The number of anilines is 1. The fourth-order valence-electron chi connectivity index (χ4n) is 3.01. The SMILES string of the molecule is Cc1ccc(C)c(NC(=O)COc2nc(C)nc3onc(-c4ccccc4)c23)c1. The van der Waals surface area contributed by atoms with Crippen molar-refractivity contribution in [3.63, 3.8) is 0 Å². The largest absolute Gasteiger partial charge is 0.467 e. The van der Waals surface area contributed by atoms with Crippen molar-refractivity contribution in [3.8, 4) is 17.1 Å². The van der Waals surface area contributed by atoms with Crippen LogP contribution in [-0.2, 0) is 4.79 Å². The second-order valence-electron chi connectivity index (χ2n) is 6.81. The number of benzene rings is 2. The number of hydrogen-bond acceptors (Lipinski definition) is 6. The monoisotopic (exact) mass is 388 g/mol. The van der Waals surface area contributed by atoms with Crippen molar-refractivity contribution >= 4 is 22.7 Å². The van der Waals surface area contributed by atoms with Crippen LogP contribution in [0.5, 0.6) is 5.88 Å². The third-order valence-corrected chi connectivity index (χ3v) is 4.47. The molecule has 0 saturated heterocycles. The highest BCUT2D eigenvalue weighted by Gasteiger charge is 2.20. The van der Waals surface area contributed by atoms with E-state index in [2.05, 4.69) is 20.4 Å². The molecular formula is C22H20N4O3. The Morgan fingerprint density at radius 3 is 2.66 bits per heavy atom. The Morgan fingerprint density at radius 2 is 1.86 bits per heavy atom. The molecule has 0 radical (unpaired) electrons. The van der Waals surface area contributed by atoms with Crippen molar-refractivity contribution < 1.29 is 14.1 Å². The number of nitrogens with one attached hydrogen (secondary N) is 1. The Hall–Kier alpha value is -3.74. The number of ether oxygens (including phenoxy) is 1. The third kappa shape index (κ3) is 3.94. The van der Waals surface area contributed by atoms with Crippen LogP contribution in [0, 0.1) is 20.8 Å². The highest BCUT2D eigenvalue weighted by Crippen LogP contribution is 2.32. The van der Waals surface area contributed by atoms with Crippen molar-refractivity contribution in [2.45, 2.75) is 20.8 Å². The highest BCUT2D eigenvalue weighted by molar-refractivity contribution is 5.95. The van der Waals surface area contributed by atoms with Crippen LogP contribution >= 0.6 is 0 Å². The Kier molecular flexibility index (Phi) is 4.95. The van der Waals surface area contributed by atoms with Crippen LogP contribution < -0.4 is 10.1 Å². The lowest BCUT2D eigenvalue weighted by molar-refractivity contribution is -0.118. The summed E-state index contributed by atoms with van der Waals surface area (Å²) in [5.41, 5.74) is 4.55. The Morgan fingerprint density at radius 1 is 1.07 bits per heavy atom. The first kappa shape index (κ1) is 18.6. The van der Waals surface area contributed by atoms with E-state index in [0.29, 0.717) is 22.6 Å². The summed E-state index contributed by atoms with van der Waals surface area (Å²) in [5, 5.41) is 7.55. The van der Waals surface area contributed by atoms with Gasteiger partial charge in [-0.3, -0.25) is 4.79 Å². The van der Waals surface area contributed by atoms with E-state index >= 15 is 0 Å². The molecule has 1 amide bonds. The summed E-state index contributed by atoms with van der Waals surface area (Å²) < 4.78 is 11.1. The van der Waals surface area contributed by atoms with Gasteiger partial charge < -0.3 is 14.6 Å². The minimum Gasteiger partial charge on any atom is -0.467 e. The van der Waals surface area contributed by atoms with Gasteiger partial charge in [-0.1, -0.05) is 47.6 Å². The summed E-state index contributed by atoms with van der Waals surface area (Å²) in [6.07, 6.45) is 0. The molecule has 0 aliphatic carbocycles. The molecule has 7 heteroatoms. The maximum absolute atomic E-state index is 12.4. The molecule has 4 aromatic rings. The van der Waals surface area contributed by atoms with Gasteiger partial charge in [0.1, 0.15) is 16.9 Å². The van der Waals surface area contributed by atoms with E-state index in [9.17, 15) is 4.79 Å². The average Bonchev–Trinajstić information content (AvgIpc) is 3.13. The van der Waals surface area contributed by atoms with E-state index in [-0.39, 0.29) is 18.4 Å². The van der Waals surface area contributed by atoms with Crippen LogP contribution in [0.2, 0.25) is 0 Å². The average molecular weight is 388 g/mol. The zero-order chi connectivity index (χ0) is 20.4. The van der Waals surface area contributed by atoms with Gasteiger partial charge in [0.05, 0.1) is 0 Å². The van der Waals surface area contributed by atoms with Crippen molar-refractivity contribution in [3.05, 3.63) is 65.5 Å². The molecule has 146 valence electrons. The summed E-state index contributed by atoms with van der Waals surface area (Å²) in [6, 6.07) is 15.4. The lowest BCUT2D eigenvalue weighted by Gasteiger charge is -2.11. The first-order chi connectivity index (χ1) is 14.0. The van der Waals surface area contributed by atoms with Crippen LogP contribution in [0.4, 0.5) is 5.69 Å². The molecule has 0 fully saturated rings. The fraction of sp³-hybridized carbons (Fsp3) is 0.182. The minimum absolute atomic E-state index is 0.196. The highest BCUT2D eigenvalue weighted by atomic mass is 16.5. The first-order valence-electron chi connectivity index (χ1n) is 9.20. The zero-order valence-electron chi connectivity index (χ0n) is 16.4. The molecule has 7 nitrogen and oxygen atoms in total. The smallest absolute Gasteiger partial charge is 0.265 e. The molecule has 1 N–H and O–H groups in total. The molecular weight excluding hydrogens is 368 g/mol. The van der Waals surface area contributed by atoms with Gasteiger partial charge in [-0.05, 0) is 38.0 Å². The third-order valence-electron chi connectivity index (χ3n) is 4.47. The summed E-state index contributed by atoms with van der Waals surface area (Å²) in [6.45, 7) is 5.45. The molecule has 0 saturated carbocycles. The molecule has 0 unspecified atom stereocenters. The maximum atomic E-state index is 12.4. The second kappa shape index (κ2) is 7.71. The van der Waals surface area contributed by atoms with Gasteiger partial charge in [-0.15, -0.1) is 0 Å². The number of hydrogen-bond donors (Lipinski definition) is 1. The van der Waals surface area contributed by atoms with Crippen molar-refractivity contribution in [2.75, 3.05) is 11.9 Å². The summed E-state index contributed by atoms with van der Waals surface area (Å²) in [7, 11) is 0. The lowest BCUT2D eigenvalue weighted by atomic mass is 10.1. The molecule has 0 spiro atoms. The first-order valence-corrected chi connectivity index (χ1v) is 9.20. The maximum Gasteiger partial charge on any atom is 0.265 e. The summed E-state index contributed by atoms with van der Waals surface area (Å²) in [4.78, 5) is 21.1. The molecule has 0 bridgehead atoms. The molecule has 4 rings (SSSR count). The van der Waals surface area contributed by atoms with E-state index in [4.69, 9.17) is 9.26 Å². The van der Waals surface area contributed by atoms with Crippen LogP contribution in [-0.4, -0.2) is 27.6 Å². The van der Waals surface area contributed by atoms with E-state index in [0.717, 1.165) is 22.4 Å². The van der Waals surface area contributed by atoms with Crippen LogP contribution in [0.3, 0.4) is 0 Å². The number of nitrogens with zero attached hydrogens (tertiary/aromatic N) is 3. The standard InChI is InChI=1S/C22H20N4O3/c1-13-9-10-14(2)17(11-13)25-18(27)12-28-21-19-20(16-7-5-4-6-8-16)26-29-22(19)24-15(3)23-21/h4-11H,12H2,1-3H3,(H,25,27). The van der Waals surface area contributed by atoms with E-state index in [1.54, 1.807) is 6.92 Å². The predicted molar refractivity (Wildman–Crippen MR) is 110 cm³/mol. The van der Waals surface area contributed by atoms with Crippen molar-refractivity contribution in [1.29, 1.82) is 0 Å². The molecule has 0 atom stereocenters. The molecule has 29 heavy (non-hydrogen) atoms. The lowest BCUT2D eigenvalue weighted by Crippen LogP contribution is -2.21. The molecule has 0 aliphatic rings. The van der Waals surface area contributed by atoms with Gasteiger partial charge in [-0.2, -0.15) is 9.97 Å². The number of fused-ring (bicyclic) bond motifs is 1. The Bertz CT molecular complexity index is 1190. The minimum atomic E-state index is -0.277. The second-order valence-corrected chi connectivity index (χ2v) is 6.81. The van der Waals surface area contributed by atoms with Crippen LogP contribution in [0.1, 0.15) is 17.0 Å². The zero-order valence-corrected chi connectivity index (χ0v) is 16.4. The fourth-order valence-corrected chi connectivity index (χ4v) is 3.01. The van der Waals surface area contributed by atoms with Gasteiger partial charge in [-0.25, -0.2) is 0 Å². The summed E-state index contributed by atoms with van der Waals surface area (Å²) >= 11 is 0. The van der Waals surface area contributed by atoms with Gasteiger partial charge in [0, 0.05) is 11.3 Å². The van der Waals surface area contributed by atoms with Crippen molar-refractivity contribution in [2.24, 2.45) is 0 Å². The van der Waals surface area contributed by atoms with E-state index < -0.39 is 0 Å². The summed E-state index contributed by atoms with van der Waals surface area (Å²) in [5.74, 6) is 0.461. The number of carbonyl (C=O) groups is 1. The quantitative estimate of drug-likeness (QED) is 0.550. The Balaban J connectivity index is 1.60. The molecule has 2 aromatic carbocycles.